The van der Waals surface area contributed by atoms with E-state index in [0.29, 0.717) is 0 Å². The van der Waals surface area contributed by atoms with Crippen molar-refractivity contribution in [2.45, 2.75) is 19.9 Å². The van der Waals surface area contributed by atoms with Crippen molar-refractivity contribution >= 4 is 23.1 Å². The Bertz CT molecular complexity index is 542. The Hall–Kier alpha value is -1.74. The van der Waals surface area contributed by atoms with Crippen LogP contribution in [0.15, 0.2) is 42.6 Å². The molecule has 19 heavy (non-hydrogen) atoms. The van der Waals surface area contributed by atoms with Crippen molar-refractivity contribution < 1.29 is 0 Å². The van der Waals surface area contributed by atoms with Crippen LogP contribution in [-0.4, -0.2) is 11.5 Å². The van der Waals surface area contributed by atoms with Crippen LogP contribution in [0.5, 0.6) is 0 Å². The molecule has 1 heterocycles. The van der Waals surface area contributed by atoms with Gasteiger partial charge in [-0.05, 0) is 37.6 Å². The van der Waals surface area contributed by atoms with Gasteiger partial charge >= 0.3 is 0 Å². The molecule has 2 N–H and O–H groups in total. The molecule has 0 spiro atoms. The van der Waals surface area contributed by atoms with Crippen LogP contribution in [0.2, 0.25) is 5.02 Å². The zero-order valence-corrected chi connectivity index (χ0v) is 11.9. The molecule has 0 radical (unpaired) electrons. The summed E-state index contributed by atoms with van der Waals surface area (Å²) < 4.78 is 0. The minimum Gasteiger partial charge on any atom is -0.378 e. The molecule has 1 aromatic heterocycles. The summed E-state index contributed by atoms with van der Waals surface area (Å²) in [5.74, 6) is 0.880. The van der Waals surface area contributed by atoms with E-state index in [9.17, 15) is 0 Å². The van der Waals surface area contributed by atoms with Crippen molar-refractivity contribution in [1.82, 2.24) is 4.98 Å². The second-order valence-electron chi connectivity index (χ2n) is 4.38. The molecule has 0 fully saturated rings. The summed E-state index contributed by atoms with van der Waals surface area (Å²) in [7, 11) is 0. The first-order valence-corrected chi connectivity index (χ1v) is 6.78. The molecule has 0 aliphatic heterocycles. The third-order valence-electron chi connectivity index (χ3n) is 2.85. The van der Waals surface area contributed by atoms with Crippen molar-refractivity contribution in [2.24, 2.45) is 0 Å². The number of nitrogens with one attached hydrogen (secondary N) is 2. The fourth-order valence-electron chi connectivity index (χ4n) is 1.91. The van der Waals surface area contributed by atoms with Gasteiger partial charge in [0.05, 0.1) is 0 Å². The van der Waals surface area contributed by atoms with Crippen LogP contribution in [0.25, 0.3) is 0 Å². The van der Waals surface area contributed by atoms with Gasteiger partial charge in [0.15, 0.2) is 0 Å². The highest BCUT2D eigenvalue weighted by molar-refractivity contribution is 6.30. The normalized spacial score (nSPS) is 11.9. The number of aromatic nitrogens is 1. The second kappa shape index (κ2) is 6.43. The Kier molecular flexibility index (Phi) is 4.63. The molecule has 3 nitrogen and oxygen atoms in total. The van der Waals surface area contributed by atoms with Crippen LogP contribution < -0.4 is 10.6 Å². The number of rotatable bonds is 5. The molecule has 100 valence electrons. The predicted molar refractivity (Wildman–Crippen MR) is 81.9 cm³/mol. The molecule has 0 aliphatic rings. The van der Waals surface area contributed by atoms with Gasteiger partial charge in [-0.1, -0.05) is 23.7 Å². The molecule has 0 saturated carbocycles. The van der Waals surface area contributed by atoms with Crippen LogP contribution in [0.4, 0.5) is 11.5 Å². The van der Waals surface area contributed by atoms with E-state index in [1.807, 2.05) is 30.3 Å². The molecule has 4 heteroatoms. The summed E-state index contributed by atoms with van der Waals surface area (Å²) in [6.45, 7) is 5.02. The number of nitrogens with zero attached hydrogens (tertiary/aromatic N) is 1. The van der Waals surface area contributed by atoms with Gasteiger partial charge in [0.2, 0.25) is 0 Å². The van der Waals surface area contributed by atoms with Crippen molar-refractivity contribution in [1.29, 1.82) is 0 Å². The van der Waals surface area contributed by atoms with Gasteiger partial charge in [-0.15, -0.1) is 0 Å². The Morgan fingerprint density at radius 1 is 1.26 bits per heavy atom. The first-order valence-electron chi connectivity index (χ1n) is 6.41. The molecule has 0 bridgehead atoms. The minimum absolute atomic E-state index is 0.190. The van der Waals surface area contributed by atoms with Crippen LogP contribution in [0.3, 0.4) is 0 Å². The Balaban J connectivity index is 2.10. The second-order valence-corrected chi connectivity index (χ2v) is 4.82. The van der Waals surface area contributed by atoms with E-state index in [1.165, 1.54) is 0 Å². The van der Waals surface area contributed by atoms with Gasteiger partial charge in [0, 0.05) is 35.6 Å². The number of halogens is 1. The van der Waals surface area contributed by atoms with Crippen LogP contribution in [0.1, 0.15) is 25.5 Å². The van der Waals surface area contributed by atoms with Crippen molar-refractivity contribution in [3.8, 4) is 0 Å². The SMILES string of the molecule is CCNc1cc(NC(C)c2cccc(Cl)c2)ccn1. The van der Waals surface area contributed by atoms with Gasteiger partial charge in [-0.2, -0.15) is 0 Å². The molecule has 0 amide bonds. The summed E-state index contributed by atoms with van der Waals surface area (Å²) in [5.41, 5.74) is 2.20. The highest BCUT2D eigenvalue weighted by atomic mass is 35.5. The third kappa shape index (κ3) is 3.86. The monoisotopic (exact) mass is 275 g/mol. The first kappa shape index (κ1) is 13.7. The largest absolute Gasteiger partial charge is 0.378 e. The summed E-state index contributed by atoms with van der Waals surface area (Å²) >= 11 is 6.01. The van der Waals surface area contributed by atoms with E-state index in [1.54, 1.807) is 6.20 Å². The van der Waals surface area contributed by atoms with E-state index < -0.39 is 0 Å². The number of hydrogen-bond donors (Lipinski definition) is 2. The lowest BCUT2D eigenvalue weighted by Gasteiger charge is -2.16. The molecule has 0 saturated heterocycles. The fourth-order valence-corrected chi connectivity index (χ4v) is 2.11. The van der Waals surface area contributed by atoms with E-state index in [2.05, 4.69) is 35.5 Å². The van der Waals surface area contributed by atoms with Crippen LogP contribution in [-0.2, 0) is 0 Å². The van der Waals surface area contributed by atoms with Gasteiger partial charge in [-0.25, -0.2) is 4.98 Å². The van der Waals surface area contributed by atoms with Crippen LogP contribution in [0, 0.1) is 0 Å². The van der Waals surface area contributed by atoms with E-state index in [4.69, 9.17) is 11.6 Å². The van der Waals surface area contributed by atoms with Crippen LogP contribution >= 0.6 is 11.6 Å². The summed E-state index contributed by atoms with van der Waals surface area (Å²) in [4.78, 5) is 4.25. The molecule has 2 aromatic rings. The topological polar surface area (TPSA) is 37.0 Å². The van der Waals surface area contributed by atoms with Crippen molar-refractivity contribution in [2.75, 3.05) is 17.2 Å². The Morgan fingerprint density at radius 3 is 2.84 bits per heavy atom. The average molecular weight is 276 g/mol. The predicted octanol–water partition coefficient (Wildman–Crippen LogP) is 4.34. The maximum Gasteiger partial charge on any atom is 0.127 e. The number of pyridine rings is 1. The summed E-state index contributed by atoms with van der Waals surface area (Å²) in [6, 6.07) is 12.0. The molecular weight excluding hydrogens is 258 g/mol. The minimum atomic E-state index is 0.190. The Labute approximate surface area is 119 Å². The lowest BCUT2D eigenvalue weighted by molar-refractivity contribution is 0.884. The maximum atomic E-state index is 6.01. The van der Waals surface area contributed by atoms with Gasteiger partial charge in [-0.3, -0.25) is 0 Å². The highest BCUT2D eigenvalue weighted by Gasteiger charge is 2.06. The smallest absolute Gasteiger partial charge is 0.127 e. The standard InChI is InChI=1S/C15H18ClN3/c1-3-17-15-10-14(7-8-18-15)19-11(2)12-5-4-6-13(16)9-12/h4-11H,3H2,1-2H3,(H2,17,18,19). The molecule has 0 aliphatic carbocycles. The summed E-state index contributed by atoms with van der Waals surface area (Å²) in [6.07, 6.45) is 1.80. The number of benzene rings is 1. The highest BCUT2D eigenvalue weighted by Crippen LogP contribution is 2.22. The van der Waals surface area contributed by atoms with Gasteiger partial charge < -0.3 is 10.6 Å². The zero-order valence-electron chi connectivity index (χ0n) is 11.2. The van der Waals surface area contributed by atoms with E-state index in [0.717, 1.165) is 28.6 Å². The average Bonchev–Trinajstić information content (AvgIpc) is 2.39. The molecule has 2 rings (SSSR count). The first-order chi connectivity index (χ1) is 9.19. The van der Waals surface area contributed by atoms with Crippen molar-refractivity contribution in [3.63, 3.8) is 0 Å². The molecule has 1 atom stereocenters. The quantitative estimate of drug-likeness (QED) is 0.852. The lowest BCUT2D eigenvalue weighted by Crippen LogP contribution is -2.07. The molecular formula is C15H18ClN3. The lowest BCUT2D eigenvalue weighted by atomic mass is 10.1. The molecule has 1 unspecified atom stereocenters. The maximum absolute atomic E-state index is 6.01. The Morgan fingerprint density at radius 2 is 2.11 bits per heavy atom. The summed E-state index contributed by atoms with van der Waals surface area (Å²) in [5, 5.41) is 7.40. The zero-order chi connectivity index (χ0) is 13.7. The van der Waals surface area contributed by atoms with Gasteiger partial charge in [0.25, 0.3) is 0 Å². The van der Waals surface area contributed by atoms with Crippen molar-refractivity contribution in [3.05, 3.63) is 53.2 Å². The van der Waals surface area contributed by atoms with E-state index >= 15 is 0 Å². The number of anilines is 2. The molecule has 1 aromatic carbocycles. The number of hydrogen-bond acceptors (Lipinski definition) is 3. The van der Waals surface area contributed by atoms with Gasteiger partial charge in [0.1, 0.15) is 5.82 Å². The third-order valence-corrected chi connectivity index (χ3v) is 3.08. The fraction of sp³-hybridized carbons (Fsp3) is 0.267. The van der Waals surface area contributed by atoms with E-state index in [-0.39, 0.29) is 6.04 Å².